The Labute approximate surface area is 140 Å². The van der Waals surface area contributed by atoms with E-state index in [1.165, 1.54) is 12.1 Å². The number of rotatable bonds is 6. The van der Waals surface area contributed by atoms with Gasteiger partial charge in [-0.15, -0.1) is 0 Å². The van der Waals surface area contributed by atoms with Crippen LogP contribution in [-0.4, -0.2) is 25.7 Å². The van der Waals surface area contributed by atoms with Gasteiger partial charge in [0.15, 0.2) is 11.6 Å². The molecule has 0 spiro atoms. The van der Waals surface area contributed by atoms with Crippen molar-refractivity contribution in [2.45, 2.75) is 6.92 Å². The molecule has 4 nitrogen and oxygen atoms in total. The maximum atomic E-state index is 13.3. The molecule has 0 atom stereocenters. The summed E-state index contributed by atoms with van der Waals surface area (Å²) < 4.78 is 23.8. The van der Waals surface area contributed by atoms with E-state index in [4.69, 9.17) is 9.47 Å². The highest BCUT2D eigenvalue weighted by Crippen LogP contribution is 2.14. The molecule has 0 fully saturated rings. The summed E-state index contributed by atoms with van der Waals surface area (Å²) in [6.45, 7) is 2.72. The molecule has 2 aromatic rings. The third-order valence-corrected chi connectivity index (χ3v) is 3.03. The topological polar surface area (TPSA) is 47.6 Å². The Kier molecular flexibility index (Phi) is 6.66. The van der Waals surface area contributed by atoms with Crippen LogP contribution in [0.1, 0.15) is 17.3 Å². The summed E-state index contributed by atoms with van der Waals surface area (Å²) in [5.41, 5.74) is 0.530. The van der Waals surface area contributed by atoms with E-state index in [9.17, 15) is 9.18 Å². The molecule has 2 rings (SSSR count). The van der Waals surface area contributed by atoms with E-state index in [0.717, 1.165) is 5.75 Å². The molecule has 0 heterocycles. The first kappa shape index (κ1) is 17.4. The molecule has 0 saturated heterocycles. The lowest BCUT2D eigenvalue weighted by atomic mass is 10.2. The molecule has 1 amide bonds. The van der Waals surface area contributed by atoms with Gasteiger partial charge in [-0.3, -0.25) is 4.79 Å². The highest BCUT2D eigenvalue weighted by Gasteiger charge is 2.04. The Morgan fingerprint density at radius 3 is 2.54 bits per heavy atom. The van der Waals surface area contributed by atoms with Crippen LogP contribution >= 0.6 is 0 Å². The van der Waals surface area contributed by atoms with Crippen molar-refractivity contribution < 1.29 is 18.7 Å². The third kappa shape index (κ3) is 5.33. The van der Waals surface area contributed by atoms with Crippen LogP contribution in [0.4, 0.5) is 4.39 Å². The molecule has 0 unspecified atom stereocenters. The SMILES string of the molecule is CCOc1ccc(C(=O)NCC#CCOc2ccccc2F)cc1. The van der Waals surface area contributed by atoms with Crippen LogP contribution in [0.15, 0.2) is 48.5 Å². The zero-order chi connectivity index (χ0) is 17.2. The predicted molar refractivity (Wildman–Crippen MR) is 89.6 cm³/mol. The van der Waals surface area contributed by atoms with Crippen molar-refractivity contribution in [1.29, 1.82) is 0 Å². The Morgan fingerprint density at radius 1 is 1.08 bits per heavy atom. The highest BCUT2D eigenvalue weighted by atomic mass is 19.1. The van der Waals surface area contributed by atoms with Gasteiger partial charge in [0.05, 0.1) is 13.2 Å². The van der Waals surface area contributed by atoms with Crippen LogP contribution in [0.25, 0.3) is 0 Å². The van der Waals surface area contributed by atoms with Crippen molar-refractivity contribution in [3.05, 3.63) is 59.9 Å². The third-order valence-electron chi connectivity index (χ3n) is 3.03. The van der Waals surface area contributed by atoms with Gasteiger partial charge in [0.25, 0.3) is 5.91 Å². The standard InChI is InChI=1S/C19H18FNO3/c1-2-23-16-11-9-15(10-12-16)19(22)21-13-5-6-14-24-18-8-4-3-7-17(18)20/h3-4,7-12H,2,13-14H2,1H3,(H,21,22). The van der Waals surface area contributed by atoms with Gasteiger partial charge in [-0.1, -0.05) is 24.0 Å². The van der Waals surface area contributed by atoms with Crippen LogP contribution in [0.2, 0.25) is 0 Å². The van der Waals surface area contributed by atoms with E-state index in [0.29, 0.717) is 12.2 Å². The second-order valence-electron chi connectivity index (χ2n) is 4.71. The van der Waals surface area contributed by atoms with Gasteiger partial charge in [0.2, 0.25) is 0 Å². The van der Waals surface area contributed by atoms with E-state index in [2.05, 4.69) is 17.2 Å². The van der Waals surface area contributed by atoms with Gasteiger partial charge in [0.1, 0.15) is 12.4 Å². The summed E-state index contributed by atoms with van der Waals surface area (Å²) in [6.07, 6.45) is 0. The Hall–Kier alpha value is -3.00. The molecule has 0 aliphatic heterocycles. The number of para-hydroxylation sites is 1. The summed E-state index contributed by atoms with van der Waals surface area (Å²) in [5.74, 6) is 5.70. The predicted octanol–water partition coefficient (Wildman–Crippen LogP) is 3.04. The number of carbonyl (C=O) groups is 1. The number of hydrogen-bond donors (Lipinski definition) is 1. The molecule has 1 N–H and O–H groups in total. The first-order valence-corrected chi connectivity index (χ1v) is 7.55. The maximum absolute atomic E-state index is 13.3. The van der Waals surface area contributed by atoms with Crippen molar-refractivity contribution in [3.63, 3.8) is 0 Å². The minimum atomic E-state index is -0.428. The summed E-state index contributed by atoms with van der Waals surface area (Å²) in [5, 5.41) is 2.68. The van der Waals surface area contributed by atoms with Crippen LogP contribution in [-0.2, 0) is 0 Å². The van der Waals surface area contributed by atoms with E-state index in [1.54, 1.807) is 36.4 Å². The molecule has 5 heteroatoms. The normalized spacial score (nSPS) is 9.58. The van der Waals surface area contributed by atoms with Gasteiger partial charge in [-0.05, 0) is 43.3 Å². The highest BCUT2D eigenvalue weighted by molar-refractivity contribution is 5.94. The molecule has 0 radical (unpaired) electrons. The quantitative estimate of drug-likeness (QED) is 0.830. The van der Waals surface area contributed by atoms with Crippen LogP contribution in [0.5, 0.6) is 11.5 Å². The van der Waals surface area contributed by atoms with Crippen molar-refractivity contribution in [2.75, 3.05) is 19.8 Å². The molecule has 0 aliphatic carbocycles. The minimum absolute atomic E-state index is 0.0554. The fourth-order valence-electron chi connectivity index (χ4n) is 1.88. The zero-order valence-corrected chi connectivity index (χ0v) is 13.3. The van der Waals surface area contributed by atoms with Crippen LogP contribution in [0, 0.1) is 17.7 Å². The van der Waals surface area contributed by atoms with Crippen molar-refractivity contribution in [2.24, 2.45) is 0 Å². The number of ether oxygens (including phenoxy) is 2. The molecule has 2 aromatic carbocycles. The van der Waals surface area contributed by atoms with E-state index < -0.39 is 5.82 Å². The van der Waals surface area contributed by atoms with Crippen LogP contribution < -0.4 is 14.8 Å². The second-order valence-corrected chi connectivity index (χ2v) is 4.71. The molecule has 0 saturated carbocycles. The first-order chi connectivity index (χ1) is 11.7. The van der Waals surface area contributed by atoms with Crippen molar-refractivity contribution >= 4 is 5.91 Å². The summed E-state index contributed by atoms with van der Waals surface area (Å²) in [4.78, 5) is 11.9. The Morgan fingerprint density at radius 2 is 1.83 bits per heavy atom. The Bertz CT molecular complexity index is 732. The largest absolute Gasteiger partial charge is 0.494 e. The lowest BCUT2D eigenvalue weighted by molar-refractivity contribution is 0.0958. The molecular formula is C19H18FNO3. The lowest BCUT2D eigenvalue weighted by Gasteiger charge is -2.04. The number of hydrogen-bond acceptors (Lipinski definition) is 3. The first-order valence-electron chi connectivity index (χ1n) is 7.55. The molecular weight excluding hydrogens is 309 g/mol. The molecule has 0 aliphatic rings. The van der Waals surface area contributed by atoms with Crippen molar-refractivity contribution in [1.82, 2.24) is 5.32 Å². The van der Waals surface area contributed by atoms with Crippen molar-refractivity contribution in [3.8, 4) is 23.3 Å². The van der Waals surface area contributed by atoms with Gasteiger partial charge in [-0.2, -0.15) is 0 Å². The van der Waals surface area contributed by atoms with Gasteiger partial charge in [0, 0.05) is 5.56 Å². The van der Waals surface area contributed by atoms with Gasteiger partial charge in [-0.25, -0.2) is 4.39 Å². The molecule has 0 bridgehead atoms. The molecule has 124 valence electrons. The summed E-state index contributed by atoms with van der Waals surface area (Å²) in [6, 6.07) is 13.0. The number of halogens is 1. The monoisotopic (exact) mass is 327 g/mol. The summed E-state index contributed by atoms with van der Waals surface area (Å²) >= 11 is 0. The number of nitrogens with one attached hydrogen (secondary N) is 1. The second kappa shape index (κ2) is 9.21. The molecule has 0 aromatic heterocycles. The van der Waals surface area contributed by atoms with E-state index in [1.807, 2.05) is 6.92 Å². The zero-order valence-electron chi connectivity index (χ0n) is 13.3. The average Bonchev–Trinajstić information content (AvgIpc) is 2.60. The number of carbonyl (C=O) groups excluding carboxylic acids is 1. The van der Waals surface area contributed by atoms with E-state index in [-0.39, 0.29) is 24.8 Å². The average molecular weight is 327 g/mol. The van der Waals surface area contributed by atoms with E-state index >= 15 is 0 Å². The number of amides is 1. The lowest BCUT2D eigenvalue weighted by Crippen LogP contribution is -2.23. The van der Waals surface area contributed by atoms with Gasteiger partial charge >= 0.3 is 0 Å². The van der Waals surface area contributed by atoms with Gasteiger partial charge < -0.3 is 14.8 Å². The number of benzene rings is 2. The molecule has 24 heavy (non-hydrogen) atoms. The smallest absolute Gasteiger partial charge is 0.252 e. The fourth-order valence-corrected chi connectivity index (χ4v) is 1.88. The Balaban J connectivity index is 1.74. The fraction of sp³-hybridized carbons (Fsp3) is 0.211. The minimum Gasteiger partial charge on any atom is -0.494 e. The van der Waals surface area contributed by atoms with Crippen LogP contribution in [0.3, 0.4) is 0 Å². The summed E-state index contributed by atoms with van der Waals surface area (Å²) in [7, 11) is 0. The maximum Gasteiger partial charge on any atom is 0.252 e.